The Morgan fingerprint density at radius 3 is 2.24 bits per heavy atom. The molecule has 1 saturated carbocycles. The highest BCUT2D eigenvalue weighted by molar-refractivity contribution is 4.91. The van der Waals surface area contributed by atoms with E-state index >= 15 is 0 Å². The van der Waals surface area contributed by atoms with Crippen molar-refractivity contribution in [1.82, 2.24) is 10.2 Å². The number of hydrogen-bond acceptors (Lipinski definition) is 3. The molecule has 3 heteroatoms. The molecular formula is C18H36N2O. The molecular weight excluding hydrogens is 260 g/mol. The first kappa shape index (κ1) is 17.2. The van der Waals surface area contributed by atoms with Gasteiger partial charge in [0.15, 0.2) is 0 Å². The summed E-state index contributed by atoms with van der Waals surface area (Å²) in [5.74, 6) is 0.803. The van der Waals surface area contributed by atoms with Gasteiger partial charge in [0, 0.05) is 25.7 Å². The third-order valence-corrected chi connectivity index (χ3v) is 4.88. The van der Waals surface area contributed by atoms with Crippen molar-refractivity contribution in [2.75, 3.05) is 26.2 Å². The summed E-state index contributed by atoms with van der Waals surface area (Å²) < 4.78 is 6.22. The number of nitrogens with zero attached hydrogens (tertiary/aromatic N) is 1. The Hall–Kier alpha value is -0.120. The van der Waals surface area contributed by atoms with E-state index in [1.165, 1.54) is 38.6 Å². The Balaban J connectivity index is 2.00. The topological polar surface area (TPSA) is 24.5 Å². The molecule has 0 bridgehead atoms. The minimum atomic E-state index is -0.0276. The maximum absolute atomic E-state index is 6.22. The fraction of sp³-hybridized carbons (Fsp3) is 1.00. The standard InChI is InChI=1S/C18H36N2O/c1-6-19-16-11-9-7-8-10-15(16)12-20-13-17(2,3)21-18(4,5)14-20/h15-16,19H,6-14H2,1-5H3. The molecule has 0 spiro atoms. The van der Waals surface area contributed by atoms with E-state index in [-0.39, 0.29) is 11.2 Å². The maximum atomic E-state index is 6.22. The lowest BCUT2D eigenvalue weighted by Crippen LogP contribution is -2.58. The zero-order valence-corrected chi connectivity index (χ0v) is 14.9. The van der Waals surface area contributed by atoms with Crippen molar-refractivity contribution >= 4 is 0 Å². The Morgan fingerprint density at radius 1 is 1.00 bits per heavy atom. The van der Waals surface area contributed by atoms with E-state index < -0.39 is 0 Å². The largest absolute Gasteiger partial charge is 0.367 e. The summed E-state index contributed by atoms with van der Waals surface area (Å²) in [4.78, 5) is 2.66. The van der Waals surface area contributed by atoms with Crippen molar-refractivity contribution in [3.8, 4) is 0 Å². The molecule has 1 saturated heterocycles. The molecule has 1 heterocycles. The van der Waals surface area contributed by atoms with Crippen LogP contribution < -0.4 is 5.32 Å². The van der Waals surface area contributed by atoms with Gasteiger partial charge in [-0.3, -0.25) is 4.90 Å². The van der Waals surface area contributed by atoms with Crippen LogP contribution in [-0.2, 0) is 4.74 Å². The summed E-state index contributed by atoms with van der Waals surface area (Å²) in [6.45, 7) is 15.6. The second kappa shape index (κ2) is 6.97. The number of morpholine rings is 1. The van der Waals surface area contributed by atoms with E-state index in [4.69, 9.17) is 4.74 Å². The summed E-state index contributed by atoms with van der Waals surface area (Å²) >= 11 is 0. The van der Waals surface area contributed by atoms with Gasteiger partial charge in [0.25, 0.3) is 0 Å². The van der Waals surface area contributed by atoms with Crippen LogP contribution in [0.25, 0.3) is 0 Å². The molecule has 2 atom stereocenters. The lowest BCUT2D eigenvalue weighted by molar-refractivity contribution is -0.182. The zero-order valence-electron chi connectivity index (χ0n) is 14.9. The van der Waals surface area contributed by atoms with Crippen LogP contribution in [0.3, 0.4) is 0 Å². The van der Waals surface area contributed by atoms with Crippen LogP contribution in [0.4, 0.5) is 0 Å². The minimum absolute atomic E-state index is 0.0276. The Kier molecular flexibility index (Phi) is 5.72. The highest BCUT2D eigenvalue weighted by Gasteiger charge is 2.39. The average molecular weight is 296 g/mol. The van der Waals surface area contributed by atoms with Gasteiger partial charge in [0.05, 0.1) is 11.2 Å². The molecule has 2 fully saturated rings. The second-order valence-electron chi connectivity index (χ2n) is 8.35. The van der Waals surface area contributed by atoms with Crippen LogP contribution in [-0.4, -0.2) is 48.3 Å². The van der Waals surface area contributed by atoms with Crippen molar-refractivity contribution < 1.29 is 4.74 Å². The highest BCUT2D eigenvalue weighted by atomic mass is 16.5. The molecule has 0 aromatic heterocycles. The van der Waals surface area contributed by atoms with Gasteiger partial charge in [-0.15, -0.1) is 0 Å². The normalized spacial score (nSPS) is 33.6. The summed E-state index contributed by atoms with van der Waals surface area (Å²) in [7, 11) is 0. The Bertz CT molecular complexity index is 311. The molecule has 124 valence electrons. The van der Waals surface area contributed by atoms with E-state index in [1.54, 1.807) is 0 Å². The number of rotatable bonds is 4. The maximum Gasteiger partial charge on any atom is 0.0760 e. The van der Waals surface area contributed by atoms with Crippen LogP contribution in [0.2, 0.25) is 0 Å². The number of ether oxygens (including phenoxy) is 1. The Morgan fingerprint density at radius 2 is 1.62 bits per heavy atom. The third kappa shape index (κ3) is 5.22. The molecule has 0 aromatic carbocycles. The number of hydrogen-bond donors (Lipinski definition) is 1. The van der Waals surface area contributed by atoms with Gasteiger partial charge >= 0.3 is 0 Å². The van der Waals surface area contributed by atoms with Crippen LogP contribution in [0.15, 0.2) is 0 Å². The monoisotopic (exact) mass is 296 g/mol. The fourth-order valence-corrected chi connectivity index (χ4v) is 4.54. The quantitative estimate of drug-likeness (QED) is 0.804. The predicted molar refractivity (Wildman–Crippen MR) is 89.7 cm³/mol. The van der Waals surface area contributed by atoms with Crippen molar-refractivity contribution in [2.45, 2.75) is 84.0 Å². The van der Waals surface area contributed by atoms with Gasteiger partial charge in [-0.05, 0) is 53.0 Å². The molecule has 21 heavy (non-hydrogen) atoms. The zero-order chi connectivity index (χ0) is 15.5. The lowest BCUT2D eigenvalue weighted by atomic mass is 9.91. The fourth-order valence-electron chi connectivity index (χ4n) is 4.54. The summed E-state index contributed by atoms with van der Waals surface area (Å²) in [6, 6.07) is 0.714. The molecule has 2 rings (SSSR count). The van der Waals surface area contributed by atoms with Crippen LogP contribution >= 0.6 is 0 Å². The van der Waals surface area contributed by atoms with Gasteiger partial charge in [0.2, 0.25) is 0 Å². The van der Waals surface area contributed by atoms with Gasteiger partial charge in [-0.1, -0.05) is 26.2 Å². The molecule has 0 aromatic rings. The second-order valence-corrected chi connectivity index (χ2v) is 8.35. The molecule has 1 aliphatic heterocycles. The van der Waals surface area contributed by atoms with Gasteiger partial charge in [-0.2, -0.15) is 0 Å². The minimum Gasteiger partial charge on any atom is -0.367 e. The molecule has 2 aliphatic rings. The average Bonchev–Trinajstić information content (AvgIpc) is 2.52. The molecule has 0 amide bonds. The molecule has 1 aliphatic carbocycles. The van der Waals surface area contributed by atoms with Crippen molar-refractivity contribution in [3.63, 3.8) is 0 Å². The van der Waals surface area contributed by atoms with Crippen molar-refractivity contribution in [1.29, 1.82) is 0 Å². The number of nitrogens with one attached hydrogen (secondary N) is 1. The van der Waals surface area contributed by atoms with Gasteiger partial charge < -0.3 is 10.1 Å². The van der Waals surface area contributed by atoms with Crippen LogP contribution in [0.5, 0.6) is 0 Å². The van der Waals surface area contributed by atoms with E-state index in [1.807, 2.05) is 0 Å². The van der Waals surface area contributed by atoms with E-state index in [9.17, 15) is 0 Å². The SMILES string of the molecule is CCNC1CCCCCC1CN1CC(C)(C)OC(C)(C)C1. The molecule has 2 unspecified atom stereocenters. The first-order chi connectivity index (χ1) is 9.81. The summed E-state index contributed by atoms with van der Waals surface area (Å²) in [5, 5.41) is 3.75. The van der Waals surface area contributed by atoms with Crippen molar-refractivity contribution in [2.24, 2.45) is 5.92 Å². The van der Waals surface area contributed by atoms with E-state index in [2.05, 4.69) is 44.8 Å². The summed E-state index contributed by atoms with van der Waals surface area (Å²) in [6.07, 6.45) is 6.96. The van der Waals surface area contributed by atoms with Crippen LogP contribution in [0, 0.1) is 5.92 Å². The van der Waals surface area contributed by atoms with E-state index in [0.717, 1.165) is 25.6 Å². The van der Waals surface area contributed by atoms with E-state index in [0.29, 0.717) is 6.04 Å². The van der Waals surface area contributed by atoms with Gasteiger partial charge in [-0.25, -0.2) is 0 Å². The smallest absolute Gasteiger partial charge is 0.0760 e. The van der Waals surface area contributed by atoms with Gasteiger partial charge in [0.1, 0.15) is 0 Å². The van der Waals surface area contributed by atoms with Crippen molar-refractivity contribution in [3.05, 3.63) is 0 Å². The summed E-state index contributed by atoms with van der Waals surface area (Å²) in [5.41, 5.74) is -0.0552. The molecule has 3 nitrogen and oxygen atoms in total. The predicted octanol–water partition coefficient (Wildman–Crippen LogP) is 3.43. The third-order valence-electron chi connectivity index (χ3n) is 4.88. The first-order valence-electron chi connectivity index (χ1n) is 8.97. The highest BCUT2D eigenvalue weighted by Crippen LogP contribution is 2.31. The molecule has 0 radical (unpaired) electrons. The Labute approximate surface area is 131 Å². The first-order valence-corrected chi connectivity index (χ1v) is 8.97. The lowest BCUT2D eigenvalue weighted by Gasteiger charge is -2.48. The molecule has 1 N–H and O–H groups in total. The van der Waals surface area contributed by atoms with Crippen LogP contribution in [0.1, 0.15) is 66.7 Å².